The highest BCUT2D eigenvalue weighted by atomic mass is 127. The van der Waals surface area contributed by atoms with Gasteiger partial charge in [-0.05, 0) is 30.7 Å². The predicted molar refractivity (Wildman–Crippen MR) is 121 cm³/mol. The molecular formula is C19H29IN6O2. The molecule has 9 heteroatoms. The maximum absolute atomic E-state index is 11.6. The summed E-state index contributed by atoms with van der Waals surface area (Å²) >= 11 is 0. The molecule has 8 nitrogen and oxygen atoms in total. The van der Waals surface area contributed by atoms with Crippen LogP contribution in [0.15, 0.2) is 41.5 Å². The fourth-order valence-corrected chi connectivity index (χ4v) is 2.27. The third-order valence-electron chi connectivity index (χ3n) is 3.88. The van der Waals surface area contributed by atoms with Crippen LogP contribution < -0.4 is 15.4 Å². The molecule has 2 rings (SSSR count). The largest absolute Gasteiger partial charge is 0.484 e. The van der Waals surface area contributed by atoms with Gasteiger partial charge in [0.2, 0.25) is 0 Å². The summed E-state index contributed by atoms with van der Waals surface area (Å²) in [5.74, 6) is 1.31. The van der Waals surface area contributed by atoms with E-state index in [4.69, 9.17) is 4.74 Å². The molecule has 0 atom stereocenters. The number of carbonyl (C=O) groups is 1. The van der Waals surface area contributed by atoms with E-state index in [0.717, 1.165) is 23.8 Å². The van der Waals surface area contributed by atoms with Gasteiger partial charge >= 0.3 is 0 Å². The van der Waals surface area contributed by atoms with E-state index in [-0.39, 0.29) is 36.5 Å². The molecule has 0 saturated carbocycles. The molecule has 0 radical (unpaired) electrons. The highest BCUT2D eigenvalue weighted by Gasteiger charge is 2.06. The number of nitrogens with one attached hydrogen (secondary N) is 2. The summed E-state index contributed by atoms with van der Waals surface area (Å²) in [5.41, 5.74) is 2.07. The number of guanidine groups is 1. The van der Waals surface area contributed by atoms with Crippen LogP contribution >= 0.6 is 24.0 Å². The summed E-state index contributed by atoms with van der Waals surface area (Å²) in [6, 6.07) is 9.58. The number of hydrogen-bond acceptors (Lipinski definition) is 4. The molecule has 0 spiro atoms. The second-order valence-electron chi connectivity index (χ2n) is 6.22. The van der Waals surface area contributed by atoms with E-state index in [1.165, 1.54) is 4.90 Å². The molecule has 1 aromatic carbocycles. The minimum atomic E-state index is -0.0766. The molecule has 0 bridgehead atoms. The standard InChI is InChI=1S/C19H28N6O2.HI/c1-5-20-19(22-13-16-9-10-23-25(16)4)21-12-15-7-6-8-17(11-15)27-14-18(26)24(2)3;/h6-11H,5,12-14H2,1-4H3,(H2,20,21,22);1H. The molecule has 2 N–H and O–H groups in total. The van der Waals surface area contributed by atoms with Crippen LogP contribution in [-0.2, 0) is 24.9 Å². The smallest absolute Gasteiger partial charge is 0.259 e. The third-order valence-corrected chi connectivity index (χ3v) is 3.88. The van der Waals surface area contributed by atoms with Crippen molar-refractivity contribution < 1.29 is 9.53 Å². The first-order chi connectivity index (χ1) is 13.0. The summed E-state index contributed by atoms with van der Waals surface area (Å²) in [6.45, 7) is 3.96. The van der Waals surface area contributed by atoms with E-state index >= 15 is 0 Å². The van der Waals surface area contributed by atoms with Crippen molar-refractivity contribution in [1.29, 1.82) is 0 Å². The van der Waals surface area contributed by atoms with Crippen molar-refractivity contribution in [3.63, 3.8) is 0 Å². The van der Waals surface area contributed by atoms with Crippen LogP contribution in [0.3, 0.4) is 0 Å². The van der Waals surface area contributed by atoms with Crippen LogP contribution in [0.5, 0.6) is 5.75 Å². The normalized spacial score (nSPS) is 10.8. The van der Waals surface area contributed by atoms with Crippen LogP contribution in [0, 0.1) is 0 Å². The Balaban J connectivity index is 0.00000392. The first-order valence-electron chi connectivity index (χ1n) is 8.90. The molecule has 0 fully saturated rings. The number of benzene rings is 1. The van der Waals surface area contributed by atoms with Gasteiger partial charge in [0.25, 0.3) is 5.91 Å². The molecule has 0 unspecified atom stereocenters. The second-order valence-corrected chi connectivity index (χ2v) is 6.22. The molecule has 1 amide bonds. The van der Waals surface area contributed by atoms with E-state index in [0.29, 0.717) is 18.8 Å². The number of likely N-dealkylation sites (N-methyl/N-ethyl adjacent to an activating group) is 1. The van der Waals surface area contributed by atoms with Gasteiger partial charge < -0.3 is 20.3 Å². The van der Waals surface area contributed by atoms with Gasteiger partial charge in [-0.25, -0.2) is 4.99 Å². The van der Waals surface area contributed by atoms with Crippen molar-refractivity contribution in [1.82, 2.24) is 25.3 Å². The van der Waals surface area contributed by atoms with Crippen LogP contribution in [0.1, 0.15) is 18.2 Å². The number of rotatable bonds is 8. The lowest BCUT2D eigenvalue weighted by Gasteiger charge is -2.13. The molecule has 1 heterocycles. The minimum absolute atomic E-state index is 0. The summed E-state index contributed by atoms with van der Waals surface area (Å²) in [5, 5.41) is 10.7. The molecule has 0 aliphatic rings. The molecule has 0 saturated heterocycles. The lowest BCUT2D eigenvalue weighted by atomic mass is 10.2. The van der Waals surface area contributed by atoms with Crippen LogP contribution in [0.2, 0.25) is 0 Å². The average molecular weight is 500 g/mol. The number of aromatic nitrogens is 2. The predicted octanol–water partition coefficient (Wildman–Crippen LogP) is 1.76. The van der Waals surface area contributed by atoms with Crippen molar-refractivity contribution in [3.8, 4) is 5.75 Å². The lowest BCUT2D eigenvalue weighted by molar-refractivity contribution is -0.130. The molecule has 154 valence electrons. The maximum Gasteiger partial charge on any atom is 0.259 e. The highest BCUT2D eigenvalue weighted by molar-refractivity contribution is 14.0. The van der Waals surface area contributed by atoms with Crippen LogP contribution in [-0.4, -0.2) is 53.8 Å². The van der Waals surface area contributed by atoms with Gasteiger partial charge in [-0.15, -0.1) is 24.0 Å². The zero-order chi connectivity index (χ0) is 19.6. The van der Waals surface area contributed by atoms with Crippen molar-refractivity contribution in [2.45, 2.75) is 20.0 Å². The fourth-order valence-electron chi connectivity index (χ4n) is 2.27. The number of halogens is 1. The summed E-state index contributed by atoms with van der Waals surface area (Å²) < 4.78 is 7.38. The first-order valence-corrected chi connectivity index (χ1v) is 8.90. The molecule has 0 aliphatic heterocycles. The zero-order valence-electron chi connectivity index (χ0n) is 16.8. The Hall–Kier alpha value is -2.30. The van der Waals surface area contributed by atoms with Gasteiger partial charge in [0.05, 0.1) is 18.8 Å². The second kappa shape index (κ2) is 12.2. The number of aliphatic imine (C=N–C) groups is 1. The van der Waals surface area contributed by atoms with Gasteiger partial charge in [0, 0.05) is 33.9 Å². The number of carbonyl (C=O) groups excluding carboxylic acids is 1. The topological polar surface area (TPSA) is 83.8 Å². The first kappa shape index (κ1) is 23.7. The van der Waals surface area contributed by atoms with E-state index in [1.807, 2.05) is 49.0 Å². The Kier molecular flexibility index (Phi) is 10.4. The van der Waals surface area contributed by atoms with E-state index in [1.54, 1.807) is 20.3 Å². The Bertz CT molecular complexity index is 775. The molecule has 2 aromatic rings. The van der Waals surface area contributed by atoms with Crippen molar-refractivity contribution >= 4 is 35.8 Å². The van der Waals surface area contributed by atoms with Crippen molar-refractivity contribution in [2.24, 2.45) is 12.0 Å². The number of ether oxygens (including phenoxy) is 1. The van der Waals surface area contributed by atoms with E-state index < -0.39 is 0 Å². The molecule has 0 aliphatic carbocycles. The maximum atomic E-state index is 11.6. The van der Waals surface area contributed by atoms with Gasteiger partial charge in [-0.1, -0.05) is 12.1 Å². The average Bonchev–Trinajstić information content (AvgIpc) is 3.07. The monoisotopic (exact) mass is 500 g/mol. The summed E-state index contributed by atoms with van der Waals surface area (Å²) in [7, 11) is 5.32. The SMILES string of the molecule is CCNC(=NCc1cccc(OCC(=O)N(C)C)c1)NCc1ccnn1C.I. The van der Waals surface area contributed by atoms with E-state index in [9.17, 15) is 4.79 Å². The Morgan fingerprint density at radius 3 is 2.71 bits per heavy atom. The van der Waals surface area contributed by atoms with Crippen molar-refractivity contribution in [3.05, 3.63) is 47.8 Å². The number of amides is 1. The Morgan fingerprint density at radius 2 is 2.07 bits per heavy atom. The molecule has 1 aromatic heterocycles. The third kappa shape index (κ3) is 7.75. The van der Waals surface area contributed by atoms with Crippen molar-refractivity contribution in [2.75, 3.05) is 27.2 Å². The number of nitrogens with zero attached hydrogens (tertiary/aromatic N) is 4. The van der Waals surface area contributed by atoms with Gasteiger partial charge in [-0.2, -0.15) is 5.10 Å². The molecule has 28 heavy (non-hydrogen) atoms. The van der Waals surface area contributed by atoms with Gasteiger partial charge in [0.15, 0.2) is 12.6 Å². The van der Waals surface area contributed by atoms with Crippen LogP contribution in [0.25, 0.3) is 0 Å². The Morgan fingerprint density at radius 1 is 1.29 bits per heavy atom. The van der Waals surface area contributed by atoms with E-state index in [2.05, 4.69) is 20.7 Å². The highest BCUT2D eigenvalue weighted by Crippen LogP contribution is 2.14. The number of hydrogen-bond donors (Lipinski definition) is 2. The lowest BCUT2D eigenvalue weighted by Crippen LogP contribution is -2.37. The van der Waals surface area contributed by atoms with Gasteiger partial charge in [-0.3, -0.25) is 9.48 Å². The Labute approximate surface area is 183 Å². The number of aryl methyl sites for hydroxylation is 1. The summed E-state index contributed by atoms with van der Waals surface area (Å²) in [4.78, 5) is 17.8. The minimum Gasteiger partial charge on any atom is -0.484 e. The van der Waals surface area contributed by atoms with Crippen LogP contribution in [0.4, 0.5) is 0 Å². The fraction of sp³-hybridized carbons (Fsp3) is 0.421. The quantitative estimate of drug-likeness (QED) is 0.328. The zero-order valence-corrected chi connectivity index (χ0v) is 19.1. The van der Waals surface area contributed by atoms with Gasteiger partial charge in [0.1, 0.15) is 5.75 Å². The summed E-state index contributed by atoms with van der Waals surface area (Å²) in [6.07, 6.45) is 1.77. The molecular weight excluding hydrogens is 471 g/mol.